The van der Waals surface area contributed by atoms with Gasteiger partial charge in [0.25, 0.3) is 0 Å². The average Bonchev–Trinajstić information content (AvgIpc) is 2.98. The number of aliphatic hydroxyl groups is 1. The van der Waals surface area contributed by atoms with Gasteiger partial charge in [0.1, 0.15) is 5.51 Å². The Morgan fingerprint density at radius 3 is 3.06 bits per heavy atom. The third kappa shape index (κ3) is 3.22. The number of carbonyl (C=O) groups is 1. The summed E-state index contributed by atoms with van der Waals surface area (Å²) in [7, 11) is 0. The van der Waals surface area contributed by atoms with Crippen LogP contribution in [0.4, 0.5) is 5.13 Å². The van der Waals surface area contributed by atoms with Crippen molar-refractivity contribution in [2.45, 2.75) is 18.9 Å². The number of anilines is 1. The van der Waals surface area contributed by atoms with Gasteiger partial charge in [-0.05, 0) is 12.8 Å². The third-order valence-corrected chi connectivity index (χ3v) is 3.01. The van der Waals surface area contributed by atoms with Crippen molar-refractivity contribution in [2.24, 2.45) is 0 Å². The van der Waals surface area contributed by atoms with E-state index in [2.05, 4.69) is 15.5 Å². The number of hydrogen-bond acceptors (Lipinski definition) is 6. The molecule has 16 heavy (non-hydrogen) atoms. The molecule has 1 aliphatic carbocycles. The smallest absolute Gasteiger partial charge is 0.240 e. The van der Waals surface area contributed by atoms with Crippen LogP contribution in [0.25, 0.3) is 0 Å². The van der Waals surface area contributed by atoms with Crippen LogP contribution in [0.5, 0.6) is 0 Å². The molecule has 0 unspecified atom stereocenters. The van der Waals surface area contributed by atoms with Crippen LogP contribution < -0.4 is 5.32 Å². The highest BCUT2D eigenvalue weighted by Gasteiger charge is 2.29. The van der Waals surface area contributed by atoms with Crippen LogP contribution in [-0.2, 0) is 4.79 Å². The lowest BCUT2D eigenvalue weighted by molar-refractivity contribution is -0.117. The Bertz CT molecular complexity index is 339. The Morgan fingerprint density at radius 1 is 1.69 bits per heavy atom. The number of rotatable bonds is 6. The predicted octanol–water partition coefficient (Wildman–Crippen LogP) is -0.0667. The van der Waals surface area contributed by atoms with Crippen molar-refractivity contribution in [3.8, 4) is 0 Å². The van der Waals surface area contributed by atoms with E-state index in [-0.39, 0.29) is 12.5 Å². The van der Waals surface area contributed by atoms with Gasteiger partial charge in [-0.25, -0.2) is 0 Å². The molecule has 0 atom stereocenters. The van der Waals surface area contributed by atoms with Gasteiger partial charge in [0.2, 0.25) is 11.0 Å². The largest absolute Gasteiger partial charge is 0.395 e. The molecule has 6 nitrogen and oxygen atoms in total. The number of amides is 1. The second kappa shape index (κ2) is 5.33. The van der Waals surface area contributed by atoms with Crippen molar-refractivity contribution in [1.82, 2.24) is 15.1 Å². The summed E-state index contributed by atoms with van der Waals surface area (Å²) in [5, 5.41) is 19.5. The Balaban J connectivity index is 1.80. The monoisotopic (exact) mass is 242 g/mol. The fourth-order valence-corrected chi connectivity index (χ4v) is 1.99. The van der Waals surface area contributed by atoms with Crippen LogP contribution in [0.15, 0.2) is 5.51 Å². The van der Waals surface area contributed by atoms with Crippen LogP contribution in [0.2, 0.25) is 0 Å². The average molecular weight is 242 g/mol. The van der Waals surface area contributed by atoms with Gasteiger partial charge in [-0.3, -0.25) is 15.0 Å². The van der Waals surface area contributed by atoms with Crippen LogP contribution in [0.1, 0.15) is 12.8 Å². The first kappa shape index (κ1) is 11.4. The van der Waals surface area contributed by atoms with E-state index in [9.17, 15) is 4.79 Å². The highest BCUT2D eigenvalue weighted by atomic mass is 32.1. The molecule has 1 aromatic rings. The van der Waals surface area contributed by atoms with Crippen molar-refractivity contribution in [3.63, 3.8) is 0 Å². The van der Waals surface area contributed by atoms with Gasteiger partial charge in [-0.1, -0.05) is 11.3 Å². The van der Waals surface area contributed by atoms with Crippen molar-refractivity contribution >= 4 is 22.4 Å². The van der Waals surface area contributed by atoms with Crippen LogP contribution >= 0.6 is 11.3 Å². The summed E-state index contributed by atoms with van der Waals surface area (Å²) < 4.78 is 0. The Morgan fingerprint density at radius 2 is 2.50 bits per heavy atom. The molecule has 7 heteroatoms. The van der Waals surface area contributed by atoms with E-state index in [1.807, 2.05) is 4.90 Å². The van der Waals surface area contributed by atoms with E-state index in [1.165, 1.54) is 11.3 Å². The standard InChI is InChI=1S/C9H14N4O2S/c14-4-3-13(7-1-2-7)5-8(15)11-9-12-10-6-16-9/h6-7,14H,1-5H2,(H,11,12,15). The molecule has 1 amide bonds. The highest BCUT2D eigenvalue weighted by Crippen LogP contribution is 2.26. The molecule has 1 heterocycles. The lowest BCUT2D eigenvalue weighted by Gasteiger charge is -2.19. The molecule has 1 aliphatic rings. The van der Waals surface area contributed by atoms with Gasteiger partial charge >= 0.3 is 0 Å². The first-order chi connectivity index (χ1) is 7.79. The molecule has 1 aromatic heterocycles. The molecule has 88 valence electrons. The second-order valence-electron chi connectivity index (χ2n) is 3.72. The number of hydrogen-bond donors (Lipinski definition) is 2. The maximum absolute atomic E-state index is 11.6. The summed E-state index contributed by atoms with van der Waals surface area (Å²) in [6, 6.07) is 0.465. The number of aliphatic hydroxyl groups excluding tert-OH is 1. The van der Waals surface area contributed by atoms with Gasteiger partial charge in [-0.2, -0.15) is 0 Å². The normalized spacial score (nSPS) is 15.4. The molecule has 0 saturated heterocycles. The lowest BCUT2D eigenvalue weighted by atomic mass is 10.4. The Labute approximate surface area is 97.3 Å². The first-order valence-electron chi connectivity index (χ1n) is 5.20. The lowest BCUT2D eigenvalue weighted by Crippen LogP contribution is -2.36. The SMILES string of the molecule is O=C(CN(CCO)C1CC1)Nc1nncs1. The molecule has 0 aliphatic heterocycles. The molecule has 1 saturated carbocycles. The van der Waals surface area contributed by atoms with Gasteiger partial charge in [0.05, 0.1) is 13.2 Å². The van der Waals surface area contributed by atoms with Gasteiger partial charge in [0.15, 0.2) is 0 Å². The minimum absolute atomic E-state index is 0.0859. The molecule has 0 radical (unpaired) electrons. The van der Waals surface area contributed by atoms with Crippen LogP contribution in [-0.4, -0.2) is 51.8 Å². The van der Waals surface area contributed by atoms with Crippen molar-refractivity contribution in [3.05, 3.63) is 5.51 Å². The van der Waals surface area contributed by atoms with Crippen molar-refractivity contribution < 1.29 is 9.90 Å². The number of nitrogens with one attached hydrogen (secondary N) is 1. The van der Waals surface area contributed by atoms with E-state index >= 15 is 0 Å². The zero-order chi connectivity index (χ0) is 11.4. The zero-order valence-corrected chi connectivity index (χ0v) is 9.61. The van der Waals surface area contributed by atoms with Crippen LogP contribution in [0, 0.1) is 0 Å². The topological polar surface area (TPSA) is 78.4 Å². The second-order valence-corrected chi connectivity index (χ2v) is 4.55. The molecular formula is C9H14N4O2S. The summed E-state index contributed by atoms with van der Waals surface area (Å²) in [4.78, 5) is 13.6. The summed E-state index contributed by atoms with van der Waals surface area (Å²) >= 11 is 1.29. The maximum atomic E-state index is 11.6. The zero-order valence-electron chi connectivity index (χ0n) is 8.80. The minimum atomic E-state index is -0.0999. The molecule has 2 rings (SSSR count). The van der Waals surface area contributed by atoms with Gasteiger partial charge in [-0.15, -0.1) is 10.2 Å². The number of nitrogens with zero attached hydrogens (tertiary/aromatic N) is 3. The van der Waals surface area contributed by atoms with Gasteiger partial charge in [0, 0.05) is 12.6 Å². The molecule has 0 spiro atoms. The minimum Gasteiger partial charge on any atom is -0.395 e. The van der Waals surface area contributed by atoms with Crippen molar-refractivity contribution in [2.75, 3.05) is 25.0 Å². The molecule has 0 bridgehead atoms. The molecular weight excluding hydrogens is 228 g/mol. The van der Waals surface area contributed by atoms with E-state index in [0.717, 1.165) is 12.8 Å². The van der Waals surface area contributed by atoms with Crippen LogP contribution in [0.3, 0.4) is 0 Å². The van der Waals surface area contributed by atoms with E-state index in [1.54, 1.807) is 5.51 Å². The van der Waals surface area contributed by atoms with Crippen molar-refractivity contribution in [1.29, 1.82) is 0 Å². The molecule has 2 N–H and O–H groups in total. The number of aromatic nitrogens is 2. The van der Waals surface area contributed by atoms with E-state index < -0.39 is 0 Å². The fourth-order valence-electron chi connectivity index (χ4n) is 1.53. The Kier molecular flexibility index (Phi) is 3.81. The summed E-state index contributed by atoms with van der Waals surface area (Å²) in [5.41, 5.74) is 1.57. The summed E-state index contributed by atoms with van der Waals surface area (Å²) in [5.74, 6) is -0.0999. The maximum Gasteiger partial charge on any atom is 0.240 e. The van der Waals surface area contributed by atoms with Gasteiger partial charge < -0.3 is 5.11 Å². The first-order valence-corrected chi connectivity index (χ1v) is 6.08. The summed E-state index contributed by atoms with van der Waals surface area (Å²) in [6.45, 7) is 0.946. The fraction of sp³-hybridized carbons (Fsp3) is 0.667. The Hall–Kier alpha value is -1.05. The predicted molar refractivity (Wildman–Crippen MR) is 60.2 cm³/mol. The van der Waals surface area contributed by atoms with E-state index in [0.29, 0.717) is 24.3 Å². The quantitative estimate of drug-likeness (QED) is 0.730. The van der Waals surface area contributed by atoms with E-state index in [4.69, 9.17) is 5.11 Å². The highest BCUT2D eigenvalue weighted by molar-refractivity contribution is 7.13. The summed E-state index contributed by atoms with van der Waals surface area (Å²) in [6.07, 6.45) is 2.23. The third-order valence-electron chi connectivity index (χ3n) is 2.40. The molecule has 0 aromatic carbocycles. The molecule has 1 fully saturated rings. The number of carbonyl (C=O) groups excluding carboxylic acids is 1.